The van der Waals surface area contributed by atoms with Crippen molar-refractivity contribution in [3.05, 3.63) is 64.9 Å². The molecule has 1 unspecified atom stereocenters. The summed E-state index contributed by atoms with van der Waals surface area (Å²) in [7, 11) is 0. The van der Waals surface area contributed by atoms with Gasteiger partial charge in [0.1, 0.15) is 5.82 Å². The van der Waals surface area contributed by atoms with Crippen molar-refractivity contribution in [3.8, 4) is 0 Å². The van der Waals surface area contributed by atoms with Gasteiger partial charge in [-0.1, -0.05) is 23.7 Å². The maximum atomic E-state index is 12.7. The topological polar surface area (TPSA) is 61.4 Å². The molecule has 2 amide bonds. The van der Waals surface area contributed by atoms with Crippen molar-refractivity contribution >= 4 is 23.3 Å². The largest absolute Gasteiger partial charge is 0.387 e. The van der Waals surface area contributed by atoms with Crippen molar-refractivity contribution in [2.45, 2.75) is 6.10 Å². The molecule has 0 aromatic heterocycles. The fourth-order valence-electron chi connectivity index (χ4n) is 1.73. The van der Waals surface area contributed by atoms with Crippen molar-refractivity contribution in [1.82, 2.24) is 5.32 Å². The second-order valence-corrected chi connectivity index (χ2v) is 4.85. The number of urea groups is 1. The van der Waals surface area contributed by atoms with Crippen LogP contribution in [0.5, 0.6) is 0 Å². The Morgan fingerprint density at radius 2 is 1.95 bits per heavy atom. The summed E-state index contributed by atoms with van der Waals surface area (Å²) in [5.74, 6) is -0.377. The Balaban J connectivity index is 1.84. The lowest BCUT2D eigenvalue weighted by Gasteiger charge is -2.13. The lowest BCUT2D eigenvalue weighted by Crippen LogP contribution is -2.32. The molecule has 0 bridgehead atoms. The molecule has 0 heterocycles. The second kappa shape index (κ2) is 7.06. The van der Waals surface area contributed by atoms with Gasteiger partial charge in [0.25, 0.3) is 0 Å². The smallest absolute Gasteiger partial charge is 0.319 e. The third-order valence-corrected chi connectivity index (χ3v) is 3.03. The molecule has 1 atom stereocenters. The van der Waals surface area contributed by atoms with Crippen LogP contribution in [0.15, 0.2) is 48.5 Å². The van der Waals surface area contributed by atoms with Gasteiger partial charge in [-0.25, -0.2) is 9.18 Å². The van der Waals surface area contributed by atoms with Gasteiger partial charge in [0.15, 0.2) is 0 Å². The maximum absolute atomic E-state index is 12.7. The summed E-state index contributed by atoms with van der Waals surface area (Å²) in [5, 5.41) is 15.5. The molecule has 3 N–H and O–H groups in total. The van der Waals surface area contributed by atoms with E-state index in [0.717, 1.165) is 0 Å². The Bertz CT molecular complexity index is 619. The molecule has 0 aliphatic carbocycles. The molecule has 0 saturated carbocycles. The minimum atomic E-state index is -0.859. The van der Waals surface area contributed by atoms with Crippen LogP contribution in [0.4, 0.5) is 14.9 Å². The van der Waals surface area contributed by atoms with E-state index in [1.807, 2.05) is 0 Å². The van der Waals surface area contributed by atoms with E-state index in [1.54, 1.807) is 24.3 Å². The molecule has 2 rings (SSSR count). The first-order chi connectivity index (χ1) is 10.0. The Labute approximate surface area is 126 Å². The number of carbonyl (C=O) groups excluding carboxylic acids is 1. The van der Waals surface area contributed by atoms with Gasteiger partial charge in [-0.2, -0.15) is 0 Å². The molecular formula is C15H14ClFN2O2. The zero-order chi connectivity index (χ0) is 15.2. The quantitative estimate of drug-likeness (QED) is 0.811. The Morgan fingerprint density at radius 1 is 1.24 bits per heavy atom. The van der Waals surface area contributed by atoms with Crippen LogP contribution in [0.2, 0.25) is 5.02 Å². The number of aliphatic hydroxyl groups is 1. The van der Waals surface area contributed by atoms with E-state index < -0.39 is 12.1 Å². The summed E-state index contributed by atoms with van der Waals surface area (Å²) in [6, 6.07) is 11.7. The average molecular weight is 309 g/mol. The van der Waals surface area contributed by atoms with Gasteiger partial charge in [0.05, 0.1) is 6.10 Å². The number of amides is 2. The molecule has 0 radical (unpaired) electrons. The summed E-state index contributed by atoms with van der Waals surface area (Å²) in [5.41, 5.74) is 1.08. The van der Waals surface area contributed by atoms with E-state index in [4.69, 9.17) is 11.6 Å². The van der Waals surface area contributed by atoms with Crippen molar-refractivity contribution in [2.24, 2.45) is 0 Å². The predicted octanol–water partition coefficient (Wildman–Crippen LogP) is 3.33. The Hall–Kier alpha value is -2.11. The molecule has 0 saturated heterocycles. The van der Waals surface area contributed by atoms with E-state index in [-0.39, 0.29) is 12.4 Å². The monoisotopic (exact) mass is 308 g/mol. The lowest BCUT2D eigenvalue weighted by atomic mass is 10.1. The molecule has 0 aliphatic heterocycles. The van der Waals surface area contributed by atoms with Crippen LogP contribution < -0.4 is 10.6 Å². The summed E-state index contributed by atoms with van der Waals surface area (Å²) >= 11 is 5.83. The molecule has 0 aliphatic rings. The average Bonchev–Trinajstić information content (AvgIpc) is 2.47. The number of benzene rings is 2. The normalized spacial score (nSPS) is 11.8. The summed E-state index contributed by atoms with van der Waals surface area (Å²) in [4.78, 5) is 11.6. The standard InChI is InChI=1S/C15H14ClFN2O2/c16-11-3-1-2-10(8-11)14(20)9-18-15(21)19-13-6-4-12(17)5-7-13/h1-8,14,20H,9H2,(H2,18,19,21). The van der Waals surface area contributed by atoms with Crippen LogP contribution >= 0.6 is 11.6 Å². The SMILES string of the molecule is O=C(NCC(O)c1cccc(Cl)c1)Nc1ccc(F)cc1. The molecular weight excluding hydrogens is 295 g/mol. The number of hydrogen-bond donors (Lipinski definition) is 3. The van der Waals surface area contributed by atoms with Gasteiger partial charge in [-0.05, 0) is 42.0 Å². The van der Waals surface area contributed by atoms with Crippen LogP contribution in [-0.4, -0.2) is 17.7 Å². The molecule has 110 valence electrons. The van der Waals surface area contributed by atoms with E-state index >= 15 is 0 Å². The summed E-state index contributed by atoms with van der Waals surface area (Å²) < 4.78 is 12.7. The van der Waals surface area contributed by atoms with E-state index in [0.29, 0.717) is 16.3 Å². The van der Waals surface area contributed by atoms with Crippen molar-refractivity contribution in [3.63, 3.8) is 0 Å². The molecule has 0 fully saturated rings. The van der Waals surface area contributed by atoms with Crippen LogP contribution in [0.25, 0.3) is 0 Å². The first kappa shape index (κ1) is 15.3. The second-order valence-electron chi connectivity index (χ2n) is 4.41. The molecule has 2 aromatic rings. The highest BCUT2D eigenvalue weighted by atomic mass is 35.5. The fourth-order valence-corrected chi connectivity index (χ4v) is 1.93. The number of hydrogen-bond acceptors (Lipinski definition) is 2. The highest BCUT2D eigenvalue weighted by Gasteiger charge is 2.10. The minimum absolute atomic E-state index is 0.0351. The number of carbonyl (C=O) groups is 1. The number of rotatable bonds is 4. The molecule has 6 heteroatoms. The Morgan fingerprint density at radius 3 is 2.62 bits per heavy atom. The van der Waals surface area contributed by atoms with E-state index in [2.05, 4.69) is 10.6 Å². The predicted molar refractivity (Wildman–Crippen MR) is 79.8 cm³/mol. The van der Waals surface area contributed by atoms with Gasteiger partial charge >= 0.3 is 6.03 Å². The highest BCUT2D eigenvalue weighted by molar-refractivity contribution is 6.30. The number of nitrogens with one attached hydrogen (secondary N) is 2. The van der Waals surface area contributed by atoms with Gasteiger partial charge in [0.2, 0.25) is 0 Å². The van der Waals surface area contributed by atoms with Crippen LogP contribution in [0.1, 0.15) is 11.7 Å². The number of anilines is 1. The zero-order valence-electron chi connectivity index (χ0n) is 11.0. The number of aliphatic hydroxyl groups excluding tert-OH is 1. The lowest BCUT2D eigenvalue weighted by molar-refractivity contribution is 0.175. The van der Waals surface area contributed by atoms with E-state index in [9.17, 15) is 14.3 Å². The van der Waals surface area contributed by atoms with Gasteiger partial charge in [0, 0.05) is 17.3 Å². The fraction of sp³-hybridized carbons (Fsp3) is 0.133. The molecule has 2 aromatic carbocycles. The van der Waals surface area contributed by atoms with Crippen molar-refractivity contribution in [1.29, 1.82) is 0 Å². The van der Waals surface area contributed by atoms with Crippen LogP contribution in [-0.2, 0) is 0 Å². The molecule has 0 spiro atoms. The van der Waals surface area contributed by atoms with Gasteiger partial charge in [-0.3, -0.25) is 0 Å². The molecule has 4 nitrogen and oxygen atoms in total. The first-order valence-corrected chi connectivity index (χ1v) is 6.66. The highest BCUT2D eigenvalue weighted by Crippen LogP contribution is 2.17. The third-order valence-electron chi connectivity index (χ3n) is 2.79. The minimum Gasteiger partial charge on any atom is -0.387 e. The number of halogens is 2. The maximum Gasteiger partial charge on any atom is 0.319 e. The van der Waals surface area contributed by atoms with Crippen LogP contribution in [0.3, 0.4) is 0 Å². The third kappa shape index (κ3) is 4.73. The molecule has 21 heavy (non-hydrogen) atoms. The summed E-state index contributed by atoms with van der Waals surface area (Å²) in [6.45, 7) is 0.0351. The van der Waals surface area contributed by atoms with E-state index in [1.165, 1.54) is 24.3 Å². The van der Waals surface area contributed by atoms with Crippen molar-refractivity contribution in [2.75, 3.05) is 11.9 Å². The van der Waals surface area contributed by atoms with Crippen LogP contribution in [0, 0.1) is 5.82 Å². The zero-order valence-corrected chi connectivity index (χ0v) is 11.8. The summed E-state index contributed by atoms with van der Waals surface area (Å²) in [6.07, 6.45) is -0.859. The van der Waals surface area contributed by atoms with Crippen molar-refractivity contribution < 1.29 is 14.3 Å². The van der Waals surface area contributed by atoms with Gasteiger partial charge in [-0.15, -0.1) is 0 Å². The van der Waals surface area contributed by atoms with Gasteiger partial charge < -0.3 is 15.7 Å². The first-order valence-electron chi connectivity index (χ1n) is 6.28. The Kier molecular flexibility index (Phi) is 5.14.